The molecular weight excluding hydrogens is 440 g/mol. The number of hydrogen-bond acceptors (Lipinski definition) is 6. The van der Waals surface area contributed by atoms with Gasteiger partial charge in [-0.1, -0.05) is 11.6 Å². The molecule has 0 spiro atoms. The smallest absolute Gasteiger partial charge is 0.255 e. The number of pyridine rings is 1. The van der Waals surface area contributed by atoms with Crippen molar-refractivity contribution in [3.05, 3.63) is 47.1 Å². The van der Waals surface area contributed by atoms with Crippen LogP contribution in [0.15, 0.2) is 41.4 Å². The number of amides is 1. The van der Waals surface area contributed by atoms with Crippen LogP contribution in [0.4, 0.5) is 11.5 Å². The first kappa shape index (κ1) is 22.0. The molecule has 2 aromatic rings. The van der Waals surface area contributed by atoms with Gasteiger partial charge < -0.3 is 15.0 Å². The van der Waals surface area contributed by atoms with Gasteiger partial charge >= 0.3 is 0 Å². The molecule has 2 aliphatic rings. The van der Waals surface area contributed by atoms with Gasteiger partial charge in [-0.05, 0) is 56.0 Å². The van der Waals surface area contributed by atoms with Crippen LogP contribution in [-0.4, -0.2) is 51.7 Å². The summed E-state index contributed by atoms with van der Waals surface area (Å²) in [4.78, 5) is 19.2. The highest BCUT2D eigenvalue weighted by atomic mass is 35.5. The molecule has 0 unspecified atom stereocenters. The molecule has 2 fully saturated rings. The molecule has 0 aliphatic carbocycles. The van der Waals surface area contributed by atoms with Gasteiger partial charge in [0.15, 0.2) is 0 Å². The van der Waals surface area contributed by atoms with E-state index in [-0.39, 0.29) is 28.1 Å². The van der Waals surface area contributed by atoms with Gasteiger partial charge in [-0.15, -0.1) is 0 Å². The number of benzene rings is 1. The fourth-order valence-electron chi connectivity index (χ4n) is 3.73. The first-order valence-electron chi connectivity index (χ1n) is 10.4. The highest BCUT2D eigenvalue weighted by molar-refractivity contribution is 7.89. The standard InChI is InChI=1S/C21H25ClN4O4S/c22-18-7-5-15(12-19(18)31(28,29)24-14-17-4-3-11-30-17)21(27)25-16-6-8-20(23-13-16)26-9-1-2-10-26/h5-8,12-13,17,24H,1-4,9-11,14H2,(H,25,27)/t17-/m0/s1. The summed E-state index contributed by atoms with van der Waals surface area (Å²) in [6.07, 6.45) is 5.49. The highest BCUT2D eigenvalue weighted by Gasteiger charge is 2.23. The quantitative estimate of drug-likeness (QED) is 0.653. The van der Waals surface area contributed by atoms with Crippen molar-refractivity contribution >= 4 is 39.0 Å². The number of sulfonamides is 1. The van der Waals surface area contributed by atoms with E-state index < -0.39 is 15.9 Å². The molecule has 166 valence electrons. The van der Waals surface area contributed by atoms with Gasteiger partial charge in [0.25, 0.3) is 5.91 Å². The summed E-state index contributed by atoms with van der Waals surface area (Å²) in [6, 6.07) is 7.83. The largest absolute Gasteiger partial charge is 0.377 e. The molecule has 1 atom stereocenters. The number of carbonyl (C=O) groups excluding carboxylic acids is 1. The van der Waals surface area contributed by atoms with Crippen LogP contribution < -0.4 is 14.9 Å². The first-order chi connectivity index (χ1) is 14.9. The average molecular weight is 465 g/mol. The van der Waals surface area contributed by atoms with Crippen molar-refractivity contribution in [3.8, 4) is 0 Å². The third-order valence-electron chi connectivity index (χ3n) is 5.44. The molecule has 3 heterocycles. The van der Waals surface area contributed by atoms with Gasteiger partial charge in [0.2, 0.25) is 10.0 Å². The van der Waals surface area contributed by atoms with Gasteiger partial charge in [0.1, 0.15) is 10.7 Å². The minimum absolute atomic E-state index is 0.0491. The number of nitrogens with zero attached hydrogens (tertiary/aromatic N) is 2. The molecule has 1 aromatic carbocycles. The number of ether oxygens (including phenoxy) is 1. The normalized spacial score (nSPS) is 19.0. The van der Waals surface area contributed by atoms with E-state index in [1.54, 1.807) is 12.3 Å². The van der Waals surface area contributed by atoms with E-state index in [9.17, 15) is 13.2 Å². The lowest BCUT2D eigenvalue weighted by Gasteiger charge is -2.16. The molecule has 8 nitrogen and oxygen atoms in total. The Morgan fingerprint density at radius 1 is 1.19 bits per heavy atom. The van der Waals surface area contributed by atoms with Crippen LogP contribution >= 0.6 is 11.6 Å². The lowest BCUT2D eigenvalue weighted by atomic mass is 10.2. The summed E-state index contributed by atoms with van der Waals surface area (Å²) in [7, 11) is -3.88. The van der Waals surface area contributed by atoms with Crippen LogP contribution in [0.1, 0.15) is 36.0 Å². The summed E-state index contributed by atoms with van der Waals surface area (Å²) in [6.45, 7) is 2.78. The van der Waals surface area contributed by atoms with Crippen molar-refractivity contribution in [1.82, 2.24) is 9.71 Å². The van der Waals surface area contributed by atoms with Crippen molar-refractivity contribution in [2.24, 2.45) is 0 Å². The number of anilines is 2. The van der Waals surface area contributed by atoms with Gasteiger partial charge in [0.05, 0.1) is 23.0 Å². The van der Waals surface area contributed by atoms with E-state index in [1.165, 1.54) is 18.2 Å². The second-order valence-corrected chi connectivity index (χ2v) is 9.83. The maximum Gasteiger partial charge on any atom is 0.255 e. The minimum atomic E-state index is -3.88. The third kappa shape index (κ3) is 5.35. The Morgan fingerprint density at radius 2 is 2.00 bits per heavy atom. The summed E-state index contributed by atoms with van der Waals surface area (Å²) in [5.41, 5.74) is 0.717. The topological polar surface area (TPSA) is 101 Å². The summed E-state index contributed by atoms with van der Waals surface area (Å²) >= 11 is 6.12. The predicted molar refractivity (Wildman–Crippen MR) is 119 cm³/mol. The minimum Gasteiger partial charge on any atom is -0.377 e. The van der Waals surface area contributed by atoms with Gasteiger partial charge in [0, 0.05) is 31.8 Å². The van der Waals surface area contributed by atoms with Gasteiger partial charge in [-0.3, -0.25) is 4.79 Å². The lowest BCUT2D eigenvalue weighted by molar-refractivity contribution is 0.102. The Balaban J connectivity index is 1.44. The highest BCUT2D eigenvalue weighted by Crippen LogP contribution is 2.24. The van der Waals surface area contributed by atoms with E-state index >= 15 is 0 Å². The van der Waals surface area contributed by atoms with Crippen LogP contribution in [0.3, 0.4) is 0 Å². The Kier molecular flexibility index (Phi) is 6.76. The SMILES string of the molecule is O=C(Nc1ccc(N2CCCC2)nc1)c1ccc(Cl)c(S(=O)(=O)NC[C@@H]2CCCO2)c1. The molecule has 2 saturated heterocycles. The zero-order valence-corrected chi connectivity index (χ0v) is 18.6. The van der Waals surface area contributed by atoms with Crippen molar-refractivity contribution in [3.63, 3.8) is 0 Å². The van der Waals surface area contributed by atoms with Crippen LogP contribution in [0.2, 0.25) is 5.02 Å². The Morgan fingerprint density at radius 3 is 2.68 bits per heavy atom. The zero-order valence-electron chi connectivity index (χ0n) is 17.0. The Bertz CT molecular complexity index is 1030. The molecule has 0 saturated carbocycles. The second-order valence-electron chi connectivity index (χ2n) is 7.69. The molecule has 4 rings (SSSR count). The number of rotatable bonds is 7. The molecule has 0 bridgehead atoms. The van der Waals surface area contributed by atoms with Crippen LogP contribution in [0.5, 0.6) is 0 Å². The molecule has 0 radical (unpaired) electrons. The van der Waals surface area contributed by atoms with E-state index in [2.05, 4.69) is 19.9 Å². The van der Waals surface area contributed by atoms with Crippen molar-refractivity contribution in [2.45, 2.75) is 36.7 Å². The van der Waals surface area contributed by atoms with E-state index in [1.807, 2.05) is 6.07 Å². The van der Waals surface area contributed by atoms with Crippen LogP contribution in [0, 0.1) is 0 Å². The summed E-state index contributed by atoms with van der Waals surface area (Å²) in [5.74, 6) is 0.440. The molecule has 1 amide bonds. The summed E-state index contributed by atoms with van der Waals surface area (Å²) < 4.78 is 33.4. The van der Waals surface area contributed by atoms with Crippen molar-refractivity contribution in [1.29, 1.82) is 0 Å². The monoisotopic (exact) mass is 464 g/mol. The van der Waals surface area contributed by atoms with E-state index in [0.717, 1.165) is 44.6 Å². The predicted octanol–water partition coefficient (Wildman–Crippen LogP) is 3.04. The van der Waals surface area contributed by atoms with E-state index in [0.29, 0.717) is 12.3 Å². The number of carbonyl (C=O) groups is 1. The number of nitrogens with one attached hydrogen (secondary N) is 2. The molecule has 10 heteroatoms. The van der Waals surface area contributed by atoms with Crippen molar-refractivity contribution < 1.29 is 17.9 Å². The molecule has 1 aromatic heterocycles. The average Bonchev–Trinajstić information content (AvgIpc) is 3.47. The second kappa shape index (κ2) is 9.52. The van der Waals surface area contributed by atoms with E-state index in [4.69, 9.17) is 16.3 Å². The van der Waals surface area contributed by atoms with Gasteiger partial charge in [-0.25, -0.2) is 18.1 Å². The first-order valence-corrected chi connectivity index (χ1v) is 12.2. The molecule has 31 heavy (non-hydrogen) atoms. The van der Waals surface area contributed by atoms with Crippen molar-refractivity contribution in [2.75, 3.05) is 36.5 Å². The maximum atomic E-state index is 12.7. The van der Waals surface area contributed by atoms with Crippen LogP contribution in [0.25, 0.3) is 0 Å². The lowest BCUT2D eigenvalue weighted by Crippen LogP contribution is -2.32. The molecule has 2 N–H and O–H groups in total. The molecule has 2 aliphatic heterocycles. The number of halogens is 1. The third-order valence-corrected chi connectivity index (χ3v) is 7.35. The van der Waals surface area contributed by atoms with Crippen LogP contribution in [-0.2, 0) is 14.8 Å². The Hall–Kier alpha value is -2.20. The summed E-state index contributed by atoms with van der Waals surface area (Å²) in [5, 5.41) is 2.80. The fourth-order valence-corrected chi connectivity index (χ4v) is 5.32. The number of hydrogen-bond donors (Lipinski definition) is 2. The number of aromatic nitrogens is 1. The molecular formula is C21H25ClN4O4S. The zero-order chi connectivity index (χ0) is 21.8. The van der Waals surface area contributed by atoms with Gasteiger partial charge in [-0.2, -0.15) is 0 Å². The Labute approximate surface area is 187 Å². The fraction of sp³-hybridized carbons (Fsp3) is 0.429. The maximum absolute atomic E-state index is 12.7.